The van der Waals surface area contributed by atoms with Crippen LogP contribution in [0.5, 0.6) is 5.75 Å². The molecule has 0 aliphatic carbocycles. The van der Waals surface area contributed by atoms with Gasteiger partial charge in [0.2, 0.25) is 5.91 Å². The number of rotatable bonds is 6. The lowest BCUT2D eigenvalue weighted by Gasteiger charge is -2.22. The van der Waals surface area contributed by atoms with Crippen LogP contribution in [0.1, 0.15) is 24.2 Å². The molecule has 0 aliphatic heterocycles. The third-order valence-corrected chi connectivity index (χ3v) is 3.72. The second-order valence-electron chi connectivity index (χ2n) is 5.89. The van der Waals surface area contributed by atoms with Crippen LogP contribution in [-0.2, 0) is 4.79 Å². The molecule has 25 heavy (non-hydrogen) atoms. The van der Waals surface area contributed by atoms with Crippen molar-refractivity contribution in [1.82, 2.24) is 5.32 Å². The SMILES string of the molecule is COc1ccc(C(=O)NC(C(=O)Nc2ccccc2F)C(C)C)cc1. The Labute approximate surface area is 146 Å². The number of carbonyl (C=O) groups is 2. The van der Waals surface area contributed by atoms with Crippen LogP contribution in [0.15, 0.2) is 48.5 Å². The number of benzene rings is 2. The molecule has 2 aromatic rings. The van der Waals surface area contributed by atoms with Crippen molar-refractivity contribution in [3.8, 4) is 5.75 Å². The van der Waals surface area contributed by atoms with Crippen molar-refractivity contribution in [2.24, 2.45) is 5.92 Å². The quantitative estimate of drug-likeness (QED) is 0.845. The van der Waals surface area contributed by atoms with Crippen LogP contribution < -0.4 is 15.4 Å². The lowest BCUT2D eigenvalue weighted by atomic mass is 10.0. The van der Waals surface area contributed by atoms with E-state index >= 15 is 0 Å². The van der Waals surface area contributed by atoms with Crippen LogP contribution in [0.25, 0.3) is 0 Å². The largest absolute Gasteiger partial charge is 0.497 e. The molecule has 1 atom stereocenters. The predicted octanol–water partition coefficient (Wildman–Crippen LogP) is 3.23. The first-order chi connectivity index (χ1) is 11.9. The summed E-state index contributed by atoms with van der Waals surface area (Å²) in [7, 11) is 1.54. The molecule has 0 saturated heterocycles. The van der Waals surface area contributed by atoms with Gasteiger partial charge < -0.3 is 15.4 Å². The number of ether oxygens (including phenoxy) is 1. The first-order valence-corrected chi connectivity index (χ1v) is 7.92. The van der Waals surface area contributed by atoms with E-state index in [1.807, 2.05) is 0 Å². The summed E-state index contributed by atoms with van der Waals surface area (Å²) in [6, 6.07) is 11.6. The highest BCUT2D eigenvalue weighted by atomic mass is 19.1. The summed E-state index contributed by atoms with van der Waals surface area (Å²) < 4.78 is 18.8. The molecule has 132 valence electrons. The molecular formula is C19H21FN2O3. The van der Waals surface area contributed by atoms with Crippen molar-refractivity contribution in [3.63, 3.8) is 0 Å². The van der Waals surface area contributed by atoms with Gasteiger partial charge in [-0.2, -0.15) is 0 Å². The summed E-state index contributed by atoms with van der Waals surface area (Å²) in [5, 5.41) is 5.21. The van der Waals surface area contributed by atoms with Gasteiger partial charge >= 0.3 is 0 Å². The topological polar surface area (TPSA) is 67.4 Å². The summed E-state index contributed by atoms with van der Waals surface area (Å²) in [6.45, 7) is 3.61. The number of anilines is 1. The van der Waals surface area contributed by atoms with E-state index < -0.39 is 17.8 Å². The van der Waals surface area contributed by atoms with Crippen molar-refractivity contribution in [1.29, 1.82) is 0 Å². The average Bonchev–Trinajstić information content (AvgIpc) is 2.61. The van der Waals surface area contributed by atoms with Crippen molar-refractivity contribution in [3.05, 3.63) is 59.9 Å². The highest BCUT2D eigenvalue weighted by molar-refractivity contribution is 6.01. The summed E-state index contributed by atoms with van der Waals surface area (Å²) in [6.07, 6.45) is 0. The normalized spacial score (nSPS) is 11.7. The lowest BCUT2D eigenvalue weighted by Crippen LogP contribution is -2.47. The number of para-hydroxylation sites is 1. The smallest absolute Gasteiger partial charge is 0.251 e. The minimum atomic E-state index is -0.797. The highest BCUT2D eigenvalue weighted by Gasteiger charge is 2.25. The Morgan fingerprint density at radius 1 is 1.04 bits per heavy atom. The van der Waals surface area contributed by atoms with Gasteiger partial charge in [0.1, 0.15) is 17.6 Å². The lowest BCUT2D eigenvalue weighted by molar-refractivity contribution is -0.118. The number of carbonyl (C=O) groups excluding carboxylic acids is 2. The van der Waals surface area contributed by atoms with Crippen LogP contribution >= 0.6 is 0 Å². The zero-order valence-electron chi connectivity index (χ0n) is 14.4. The Kier molecular flexibility index (Phi) is 6.11. The second kappa shape index (κ2) is 8.28. The van der Waals surface area contributed by atoms with E-state index in [9.17, 15) is 14.0 Å². The molecule has 2 rings (SSSR count). The average molecular weight is 344 g/mol. The number of methoxy groups -OCH3 is 1. The molecule has 0 radical (unpaired) electrons. The minimum absolute atomic E-state index is 0.0804. The zero-order valence-corrected chi connectivity index (χ0v) is 14.4. The van der Waals surface area contributed by atoms with E-state index in [1.54, 1.807) is 44.2 Å². The first kappa shape index (κ1) is 18.4. The number of nitrogens with one attached hydrogen (secondary N) is 2. The molecular weight excluding hydrogens is 323 g/mol. The fourth-order valence-electron chi connectivity index (χ4n) is 2.27. The summed E-state index contributed by atoms with van der Waals surface area (Å²) >= 11 is 0. The molecule has 2 amide bonds. The highest BCUT2D eigenvalue weighted by Crippen LogP contribution is 2.15. The maximum atomic E-state index is 13.7. The van der Waals surface area contributed by atoms with Gasteiger partial charge in [-0.3, -0.25) is 9.59 Å². The Morgan fingerprint density at radius 3 is 2.24 bits per heavy atom. The molecule has 2 aromatic carbocycles. The third-order valence-electron chi connectivity index (χ3n) is 3.72. The van der Waals surface area contributed by atoms with Crippen molar-refractivity contribution < 1.29 is 18.7 Å². The maximum Gasteiger partial charge on any atom is 0.251 e. The Hall–Kier alpha value is -2.89. The van der Waals surface area contributed by atoms with Crippen LogP contribution in [-0.4, -0.2) is 25.0 Å². The summed E-state index contributed by atoms with van der Waals surface area (Å²) in [4.78, 5) is 24.8. The monoisotopic (exact) mass is 344 g/mol. The number of halogens is 1. The van der Waals surface area contributed by atoms with E-state index in [2.05, 4.69) is 10.6 Å². The van der Waals surface area contributed by atoms with Gasteiger partial charge in [0.05, 0.1) is 12.8 Å². The predicted molar refractivity (Wildman–Crippen MR) is 94.1 cm³/mol. The van der Waals surface area contributed by atoms with Gasteiger partial charge in [0.25, 0.3) is 5.91 Å². The molecule has 0 heterocycles. The molecule has 0 fully saturated rings. The fraction of sp³-hybridized carbons (Fsp3) is 0.263. The Bertz CT molecular complexity index is 745. The maximum absolute atomic E-state index is 13.7. The third kappa shape index (κ3) is 4.79. The standard InChI is InChI=1S/C19H21FN2O3/c1-12(2)17(19(24)21-16-7-5-4-6-15(16)20)22-18(23)13-8-10-14(25-3)11-9-13/h4-12,17H,1-3H3,(H,21,24)(H,22,23). The van der Waals surface area contributed by atoms with E-state index in [-0.39, 0.29) is 17.5 Å². The zero-order chi connectivity index (χ0) is 18.4. The fourth-order valence-corrected chi connectivity index (χ4v) is 2.27. The molecule has 0 aromatic heterocycles. The first-order valence-electron chi connectivity index (χ1n) is 7.92. The van der Waals surface area contributed by atoms with E-state index in [4.69, 9.17) is 4.74 Å². The Balaban J connectivity index is 2.10. The van der Waals surface area contributed by atoms with E-state index in [1.165, 1.54) is 25.3 Å². The molecule has 0 saturated carbocycles. The van der Waals surface area contributed by atoms with Crippen LogP contribution in [0.4, 0.5) is 10.1 Å². The second-order valence-corrected chi connectivity index (χ2v) is 5.89. The Morgan fingerprint density at radius 2 is 1.68 bits per heavy atom. The molecule has 0 aliphatic rings. The van der Waals surface area contributed by atoms with Gasteiger partial charge in [-0.25, -0.2) is 4.39 Å². The van der Waals surface area contributed by atoms with Gasteiger partial charge in [0.15, 0.2) is 0 Å². The number of amides is 2. The molecule has 5 nitrogen and oxygen atoms in total. The van der Waals surface area contributed by atoms with Crippen molar-refractivity contribution >= 4 is 17.5 Å². The molecule has 0 spiro atoms. The van der Waals surface area contributed by atoms with Crippen LogP contribution in [0.3, 0.4) is 0 Å². The van der Waals surface area contributed by atoms with Gasteiger partial charge in [-0.1, -0.05) is 26.0 Å². The molecule has 2 N–H and O–H groups in total. The van der Waals surface area contributed by atoms with Crippen LogP contribution in [0, 0.1) is 11.7 Å². The molecule has 1 unspecified atom stereocenters. The minimum Gasteiger partial charge on any atom is -0.497 e. The number of hydrogen-bond donors (Lipinski definition) is 2. The van der Waals surface area contributed by atoms with E-state index in [0.717, 1.165) is 0 Å². The van der Waals surface area contributed by atoms with Gasteiger partial charge in [-0.05, 0) is 42.3 Å². The number of hydrogen-bond acceptors (Lipinski definition) is 3. The summed E-state index contributed by atoms with van der Waals surface area (Å²) in [5.74, 6) is -0.921. The van der Waals surface area contributed by atoms with Crippen molar-refractivity contribution in [2.75, 3.05) is 12.4 Å². The summed E-state index contributed by atoms with van der Waals surface area (Å²) in [5.41, 5.74) is 0.488. The van der Waals surface area contributed by atoms with E-state index in [0.29, 0.717) is 11.3 Å². The van der Waals surface area contributed by atoms with Crippen molar-refractivity contribution in [2.45, 2.75) is 19.9 Å². The van der Waals surface area contributed by atoms with Crippen LogP contribution in [0.2, 0.25) is 0 Å². The molecule has 0 bridgehead atoms. The van der Waals surface area contributed by atoms with Gasteiger partial charge in [-0.15, -0.1) is 0 Å². The molecule has 6 heteroatoms. The van der Waals surface area contributed by atoms with Gasteiger partial charge in [0, 0.05) is 5.56 Å².